The maximum atomic E-state index is 14.1. The number of allylic oxidation sites excluding steroid dienone is 1. The summed E-state index contributed by atoms with van der Waals surface area (Å²) in [4.78, 5) is 86.8. The molecule has 2 saturated heterocycles. The number of nitrogen functional groups attached to an aromatic ring is 2. The minimum atomic E-state index is -5.27. The van der Waals surface area contributed by atoms with Gasteiger partial charge >= 0.3 is 27.1 Å². The molecule has 25 nitrogen and oxygen atoms in total. The summed E-state index contributed by atoms with van der Waals surface area (Å²) in [5.74, 6) is -1.42. The monoisotopic (exact) mass is 889 g/mol. The zero-order valence-corrected chi connectivity index (χ0v) is 34.5. The van der Waals surface area contributed by atoms with Gasteiger partial charge in [-0.15, -0.1) is 6.58 Å². The Bertz CT molecular complexity index is 2150. The number of carbonyl (C=O) groups excluding carboxylic acids is 2. The molecular formula is C33H49N9O16P2. The van der Waals surface area contributed by atoms with Crippen LogP contribution >= 0.6 is 15.4 Å². The number of rotatable bonds is 20. The van der Waals surface area contributed by atoms with Gasteiger partial charge in [0.25, 0.3) is 0 Å². The molecule has 3 aromatic heterocycles. The van der Waals surface area contributed by atoms with E-state index in [1.165, 1.54) is 30.1 Å². The van der Waals surface area contributed by atoms with Gasteiger partial charge in [0.2, 0.25) is 5.91 Å². The van der Waals surface area contributed by atoms with E-state index in [0.717, 1.165) is 22.0 Å². The first-order valence-electron chi connectivity index (χ1n) is 18.5. The van der Waals surface area contributed by atoms with Crippen molar-refractivity contribution in [3.8, 4) is 0 Å². The number of hydrogen-bond acceptors (Lipinski definition) is 19. The van der Waals surface area contributed by atoms with Gasteiger partial charge in [-0.1, -0.05) is 19.9 Å². The largest absolute Gasteiger partial charge is 0.469 e. The Balaban J connectivity index is 1.45. The number of likely N-dealkylation sites (N-methyl/N-ethyl adjacent to an activating group) is 1. The fourth-order valence-corrected chi connectivity index (χ4v) is 8.47. The van der Waals surface area contributed by atoms with Gasteiger partial charge in [0, 0.05) is 26.3 Å². The fraction of sp³-hybridized carbons (Fsp3) is 0.606. The molecule has 0 aromatic carbocycles. The second-order valence-corrected chi connectivity index (χ2v) is 17.6. The van der Waals surface area contributed by atoms with Gasteiger partial charge in [0.05, 0.1) is 26.1 Å². The van der Waals surface area contributed by atoms with Gasteiger partial charge in [-0.3, -0.25) is 23.0 Å². The Morgan fingerprint density at radius 2 is 1.72 bits per heavy atom. The zero-order chi connectivity index (χ0) is 44.1. The van der Waals surface area contributed by atoms with Crippen LogP contribution in [0.3, 0.4) is 0 Å². The van der Waals surface area contributed by atoms with Crippen molar-refractivity contribution in [3.05, 3.63) is 48.1 Å². The van der Waals surface area contributed by atoms with Crippen molar-refractivity contribution in [1.29, 1.82) is 0 Å². The lowest BCUT2D eigenvalue weighted by Crippen LogP contribution is -2.49. The molecule has 5 heterocycles. The number of carbonyl (C=O) groups is 2. The van der Waals surface area contributed by atoms with Crippen LogP contribution in [0.4, 0.5) is 11.6 Å². The third-order valence-electron chi connectivity index (χ3n) is 9.70. The lowest BCUT2D eigenvalue weighted by molar-refractivity contribution is -0.167. The van der Waals surface area contributed by atoms with Gasteiger partial charge < -0.3 is 64.7 Å². The summed E-state index contributed by atoms with van der Waals surface area (Å²) < 4.78 is 61.0. The van der Waals surface area contributed by atoms with Gasteiger partial charge in [0.1, 0.15) is 47.7 Å². The minimum Gasteiger partial charge on any atom is -0.455 e. The second kappa shape index (κ2) is 19.6. The molecule has 5 rings (SSSR count). The molecule has 2 aliphatic heterocycles. The SMILES string of the molecule is C=CCCC(=O)N(C)[C@@H](COCCC(C)C)C(=O)O[C@H]1[C@@H](O)[C@H](n2cnc3c(N)ncnc32)O[C@@H]1COP(=O)(O)[C@H]1[C@@H](O)[C@H](n2ccc(N)nc2=O)O[C@@H]1COP(=O)(O)O. The Labute approximate surface area is 342 Å². The summed E-state index contributed by atoms with van der Waals surface area (Å²) >= 11 is 0. The maximum absolute atomic E-state index is 14.1. The zero-order valence-electron chi connectivity index (χ0n) is 32.7. The van der Waals surface area contributed by atoms with E-state index in [-0.39, 0.29) is 48.4 Å². The molecule has 0 saturated carbocycles. The fourth-order valence-electron chi connectivity index (χ4n) is 6.48. The molecule has 10 atom stereocenters. The molecule has 1 amide bonds. The molecule has 3 aromatic rings. The van der Waals surface area contributed by atoms with Gasteiger partial charge in [-0.2, -0.15) is 4.98 Å². The number of hydrogen-bond donors (Lipinski definition) is 7. The van der Waals surface area contributed by atoms with Crippen molar-refractivity contribution in [1.82, 2.24) is 34.0 Å². The van der Waals surface area contributed by atoms with E-state index in [1.54, 1.807) is 0 Å². The molecule has 0 aliphatic carbocycles. The molecule has 9 N–H and O–H groups in total. The number of aromatic nitrogens is 6. The number of phosphoric acid groups is 1. The molecule has 0 spiro atoms. The number of esters is 1. The number of amides is 1. The van der Waals surface area contributed by atoms with Crippen molar-refractivity contribution in [2.45, 2.75) is 87.8 Å². The first kappa shape index (κ1) is 46.8. The van der Waals surface area contributed by atoms with Gasteiger partial charge in [0.15, 0.2) is 36.1 Å². The summed E-state index contributed by atoms with van der Waals surface area (Å²) in [5, 5.41) is 23.1. The van der Waals surface area contributed by atoms with E-state index in [0.29, 0.717) is 12.8 Å². The number of nitrogens with two attached hydrogens (primary N) is 2. The van der Waals surface area contributed by atoms with Crippen LogP contribution in [-0.4, -0.2) is 146 Å². The molecule has 27 heteroatoms. The third kappa shape index (κ3) is 11.0. The highest BCUT2D eigenvalue weighted by Gasteiger charge is 2.56. The van der Waals surface area contributed by atoms with E-state index < -0.39 is 101 Å². The highest BCUT2D eigenvalue weighted by Crippen LogP contribution is 2.56. The first-order valence-corrected chi connectivity index (χ1v) is 21.7. The lowest BCUT2D eigenvalue weighted by atomic mass is 10.1. The van der Waals surface area contributed by atoms with E-state index >= 15 is 0 Å². The summed E-state index contributed by atoms with van der Waals surface area (Å²) in [6, 6.07) is -0.167. The first-order chi connectivity index (χ1) is 28.2. The number of nitrogens with zero attached hydrogens (tertiary/aromatic N) is 7. The summed E-state index contributed by atoms with van der Waals surface area (Å²) in [6.07, 6.45) is -6.20. The molecule has 0 radical (unpaired) electrons. The Kier molecular flexibility index (Phi) is 15.3. The van der Waals surface area contributed by atoms with Crippen LogP contribution < -0.4 is 17.2 Å². The van der Waals surface area contributed by atoms with Crippen molar-refractivity contribution in [2.75, 3.05) is 44.9 Å². The highest BCUT2D eigenvalue weighted by molar-refractivity contribution is 7.53. The molecule has 60 heavy (non-hydrogen) atoms. The van der Waals surface area contributed by atoms with Crippen LogP contribution in [0.2, 0.25) is 0 Å². The topological polar surface area (TPSA) is 359 Å². The van der Waals surface area contributed by atoms with Gasteiger partial charge in [-0.05, 0) is 24.8 Å². The Hall–Kier alpha value is -4.23. The predicted octanol–water partition coefficient (Wildman–Crippen LogP) is -0.788. The van der Waals surface area contributed by atoms with Crippen molar-refractivity contribution < 1.29 is 71.6 Å². The van der Waals surface area contributed by atoms with Crippen LogP contribution in [0.5, 0.6) is 0 Å². The van der Waals surface area contributed by atoms with E-state index in [2.05, 4.69) is 31.0 Å². The number of imidazole rings is 1. The van der Waals surface area contributed by atoms with Crippen molar-refractivity contribution in [2.24, 2.45) is 5.92 Å². The standard InChI is InChI=1S/C33H49N9O16P2/c1-5-6-7-22(43)40(4)18(12-53-11-9-17(2)3)32(46)58-26-19(56-30(24(26)44)42-16-38-23-28(35)36-15-37-29(23)42)13-54-59(48,49)27-20(14-55-60(50,51)52)57-31(25(27)45)41-10-8-21(34)39-33(41)47/h5,8,10,15-20,24-27,30-31,44-45H,1,6-7,9,11-14H2,2-4H3,(H,48,49)(H2,34,39,47)(H2,35,36,37)(H2,50,51,52)/t18-,19+,20+,24+,25+,26+,27+,30+,31+/m0/s1. The molecule has 0 bridgehead atoms. The van der Waals surface area contributed by atoms with Crippen LogP contribution in [0.25, 0.3) is 11.2 Å². The van der Waals surface area contributed by atoms with Crippen LogP contribution in [0, 0.1) is 5.92 Å². The average Bonchev–Trinajstić information content (AvgIpc) is 3.85. The van der Waals surface area contributed by atoms with Crippen LogP contribution in [0.15, 0.2) is 42.4 Å². The molecule has 2 aliphatic rings. The van der Waals surface area contributed by atoms with Crippen molar-refractivity contribution >= 4 is 50.1 Å². The normalized spacial score (nSPS) is 25.9. The third-order valence-corrected chi connectivity index (χ3v) is 12.1. The van der Waals surface area contributed by atoms with E-state index in [9.17, 15) is 48.4 Å². The minimum absolute atomic E-state index is 0.00914. The summed E-state index contributed by atoms with van der Waals surface area (Å²) in [5.41, 5.74) is 8.65. The quantitative estimate of drug-likeness (QED) is 0.0316. The van der Waals surface area contributed by atoms with Crippen LogP contribution in [-0.2, 0) is 46.7 Å². The van der Waals surface area contributed by atoms with Crippen molar-refractivity contribution in [3.63, 3.8) is 0 Å². The number of aliphatic hydroxyl groups is 2. The summed E-state index contributed by atoms with van der Waals surface area (Å²) in [7, 11) is -9.10. The molecule has 1 unspecified atom stereocenters. The second-order valence-electron chi connectivity index (χ2n) is 14.4. The molecule has 2 fully saturated rings. The number of anilines is 2. The Morgan fingerprint density at radius 1 is 1.03 bits per heavy atom. The number of ether oxygens (including phenoxy) is 4. The van der Waals surface area contributed by atoms with Crippen LogP contribution in [0.1, 0.15) is 45.6 Å². The number of fused-ring (bicyclic) bond motifs is 1. The number of phosphoric ester groups is 1. The smallest absolute Gasteiger partial charge is 0.455 e. The van der Waals surface area contributed by atoms with E-state index in [1.807, 2.05) is 13.8 Å². The average molecular weight is 890 g/mol. The number of aliphatic hydroxyl groups excluding tert-OH is 2. The van der Waals surface area contributed by atoms with Gasteiger partial charge in [-0.25, -0.2) is 29.1 Å². The molecule has 332 valence electrons. The highest BCUT2D eigenvalue weighted by atomic mass is 31.2. The maximum Gasteiger partial charge on any atom is 0.469 e. The van der Waals surface area contributed by atoms with E-state index in [4.69, 9.17) is 34.9 Å². The molecular weight excluding hydrogens is 840 g/mol. The lowest BCUT2D eigenvalue weighted by Gasteiger charge is -2.30. The predicted molar refractivity (Wildman–Crippen MR) is 206 cm³/mol. The summed E-state index contributed by atoms with van der Waals surface area (Å²) in [6.45, 7) is 5.51. The Morgan fingerprint density at radius 3 is 2.38 bits per heavy atom.